The van der Waals surface area contributed by atoms with Crippen LogP contribution in [0.4, 0.5) is 4.39 Å². The molecule has 1 aromatic rings. The number of benzene rings is 1. The second kappa shape index (κ2) is 7.64. The molecule has 1 unspecified atom stereocenters. The predicted octanol–water partition coefficient (Wildman–Crippen LogP) is 3.17. The Morgan fingerprint density at radius 3 is 2.88 bits per heavy atom. The first-order valence-corrected chi connectivity index (χ1v) is 6.28. The van der Waals surface area contributed by atoms with Crippen LogP contribution in [0.5, 0.6) is 0 Å². The number of nitrogens with two attached hydrogens (primary N) is 1. The van der Waals surface area contributed by atoms with Gasteiger partial charge in [0, 0.05) is 24.3 Å². The highest BCUT2D eigenvalue weighted by Crippen LogP contribution is 2.16. The van der Waals surface area contributed by atoms with E-state index in [0.29, 0.717) is 23.6 Å². The number of halogens is 2. The molecule has 1 aromatic carbocycles. The number of rotatable bonds is 7. The van der Waals surface area contributed by atoms with Crippen LogP contribution in [0.25, 0.3) is 0 Å². The van der Waals surface area contributed by atoms with Crippen molar-refractivity contribution in [2.75, 3.05) is 13.2 Å². The van der Waals surface area contributed by atoms with Gasteiger partial charge >= 0.3 is 0 Å². The van der Waals surface area contributed by atoms with Crippen LogP contribution < -0.4 is 5.73 Å². The number of ether oxygens (including phenoxy) is 1. The van der Waals surface area contributed by atoms with E-state index in [2.05, 4.69) is 0 Å². The Balaban J connectivity index is 2.37. The van der Waals surface area contributed by atoms with Gasteiger partial charge in [-0.05, 0) is 43.9 Å². The molecule has 0 saturated heterocycles. The SMILES string of the molecule is CCOCCCC(N)Cc1ccc(Cl)cc1F. The van der Waals surface area contributed by atoms with E-state index in [1.54, 1.807) is 12.1 Å². The van der Waals surface area contributed by atoms with E-state index >= 15 is 0 Å². The summed E-state index contributed by atoms with van der Waals surface area (Å²) in [5.41, 5.74) is 6.56. The Morgan fingerprint density at radius 2 is 2.24 bits per heavy atom. The molecule has 0 amide bonds. The molecular formula is C13H19ClFNO. The van der Waals surface area contributed by atoms with Crippen molar-refractivity contribution in [3.05, 3.63) is 34.6 Å². The molecule has 0 radical (unpaired) electrons. The normalized spacial score (nSPS) is 12.7. The molecule has 2 N–H and O–H groups in total. The van der Waals surface area contributed by atoms with E-state index < -0.39 is 0 Å². The van der Waals surface area contributed by atoms with Gasteiger partial charge in [-0.15, -0.1) is 0 Å². The topological polar surface area (TPSA) is 35.2 Å². The lowest BCUT2D eigenvalue weighted by atomic mass is 10.0. The summed E-state index contributed by atoms with van der Waals surface area (Å²) in [4.78, 5) is 0. The van der Waals surface area contributed by atoms with E-state index in [-0.39, 0.29) is 11.9 Å². The molecule has 0 aliphatic rings. The molecule has 4 heteroatoms. The first-order chi connectivity index (χ1) is 8.13. The van der Waals surface area contributed by atoms with Crippen molar-refractivity contribution >= 4 is 11.6 Å². The van der Waals surface area contributed by atoms with Crippen molar-refractivity contribution in [2.45, 2.75) is 32.2 Å². The zero-order chi connectivity index (χ0) is 12.7. The summed E-state index contributed by atoms with van der Waals surface area (Å²) in [5.74, 6) is -0.280. The summed E-state index contributed by atoms with van der Waals surface area (Å²) in [6, 6.07) is 4.67. The summed E-state index contributed by atoms with van der Waals surface area (Å²) in [6.45, 7) is 3.40. The minimum Gasteiger partial charge on any atom is -0.382 e. The van der Waals surface area contributed by atoms with Gasteiger partial charge in [-0.25, -0.2) is 4.39 Å². The largest absolute Gasteiger partial charge is 0.382 e. The van der Waals surface area contributed by atoms with E-state index in [1.807, 2.05) is 6.92 Å². The van der Waals surface area contributed by atoms with E-state index in [1.165, 1.54) is 6.07 Å². The molecule has 0 aliphatic heterocycles. The highest BCUT2D eigenvalue weighted by molar-refractivity contribution is 6.30. The van der Waals surface area contributed by atoms with Crippen LogP contribution in [0.1, 0.15) is 25.3 Å². The highest BCUT2D eigenvalue weighted by atomic mass is 35.5. The average molecular weight is 260 g/mol. The van der Waals surface area contributed by atoms with Crippen LogP contribution in [-0.2, 0) is 11.2 Å². The zero-order valence-corrected chi connectivity index (χ0v) is 10.8. The van der Waals surface area contributed by atoms with Gasteiger partial charge in [0.15, 0.2) is 0 Å². The minimum absolute atomic E-state index is 0.0360. The summed E-state index contributed by atoms with van der Waals surface area (Å²) >= 11 is 5.68. The lowest BCUT2D eigenvalue weighted by Crippen LogP contribution is -2.23. The molecule has 0 aromatic heterocycles. The molecule has 0 bridgehead atoms. The van der Waals surface area contributed by atoms with Gasteiger partial charge in [0.1, 0.15) is 5.82 Å². The fourth-order valence-electron chi connectivity index (χ4n) is 1.66. The first kappa shape index (κ1) is 14.4. The zero-order valence-electron chi connectivity index (χ0n) is 10.1. The summed E-state index contributed by atoms with van der Waals surface area (Å²) in [5, 5.41) is 0.413. The fraction of sp³-hybridized carbons (Fsp3) is 0.538. The van der Waals surface area contributed by atoms with Gasteiger partial charge in [0.2, 0.25) is 0 Å². The van der Waals surface area contributed by atoms with Gasteiger partial charge in [-0.1, -0.05) is 17.7 Å². The number of hydrogen-bond acceptors (Lipinski definition) is 2. The third kappa shape index (κ3) is 5.48. The summed E-state index contributed by atoms with van der Waals surface area (Å²) in [6.07, 6.45) is 2.28. The molecule has 1 rings (SSSR count). The van der Waals surface area contributed by atoms with Gasteiger partial charge in [0.25, 0.3) is 0 Å². The summed E-state index contributed by atoms with van der Waals surface area (Å²) in [7, 11) is 0. The van der Waals surface area contributed by atoms with Crippen molar-refractivity contribution in [1.29, 1.82) is 0 Å². The molecule has 0 fully saturated rings. The highest BCUT2D eigenvalue weighted by Gasteiger charge is 2.08. The third-order valence-corrected chi connectivity index (χ3v) is 2.80. The van der Waals surface area contributed by atoms with E-state index in [4.69, 9.17) is 22.1 Å². The molecule has 0 spiro atoms. The quantitative estimate of drug-likeness (QED) is 0.764. The van der Waals surface area contributed by atoms with Gasteiger partial charge in [0.05, 0.1) is 0 Å². The van der Waals surface area contributed by atoms with Crippen LogP contribution in [0, 0.1) is 5.82 Å². The maximum absolute atomic E-state index is 13.5. The van der Waals surface area contributed by atoms with Crippen LogP contribution in [0.2, 0.25) is 5.02 Å². The Morgan fingerprint density at radius 1 is 1.47 bits per heavy atom. The maximum atomic E-state index is 13.5. The lowest BCUT2D eigenvalue weighted by Gasteiger charge is -2.12. The second-order valence-electron chi connectivity index (χ2n) is 4.04. The third-order valence-electron chi connectivity index (χ3n) is 2.56. The van der Waals surface area contributed by atoms with Crippen molar-refractivity contribution in [3.63, 3.8) is 0 Å². The number of hydrogen-bond donors (Lipinski definition) is 1. The van der Waals surface area contributed by atoms with Gasteiger partial charge in [-0.2, -0.15) is 0 Å². The summed E-state index contributed by atoms with van der Waals surface area (Å²) < 4.78 is 18.7. The lowest BCUT2D eigenvalue weighted by molar-refractivity contribution is 0.142. The second-order valence-corrected chi connectivity index (χ2v) is 4.48. The van der Waals surface area contributed by atoms with E-state index in [9.17, 15) is 4.39 Å². The van der Waals surface area contributed by atoms with Gasteiger partial charge < -0.3 is 10.5 Å². The van der Waals surface area contributed by atoms with Crippen LogP contribution in [-0.4, -0.2) is 19.3 Å². The molecular weight excluding hydrogens is 241 g/mol. The molecule has 0 aliphatic carbocycles. The van der Waals surface area contributed by atoms with Crippen LogP contribution >= 0.6 is 11.6 Å². The molecule has 2 nitrogen and oxygen atoms in total. The first-order valence-electron chi connectivity index (χ1n) is 5.90. The monoisotopic (exact) mass is 259 g/mol. The van der Waals surface area contributed by atoms with Crippen LogP contribution in [0.15, 0.2) is 18.2 Å². The standard InChI is InChI=1S/C13H19ClFNO/c1-2-17-7-3-4-12(16)8-10-5-6-11(14)9-13(10)15/h5-6,9,12H,2-4,7-8,16H2,1H3. The van der Waals surface area contributed by atoms with E-state index in [0.717, 1.165) is 19.4 Å². The van der Waals surface area contributed by atoms with Gasteiger partial charge in [-0.3, -0.25) is 0 Å². The molecule has 96 valence electrons. The maximum Gasteiger partial charge on any atom is 0.127 e. The van der Waals surface area contributed by atoms with Crippen molar-refractivity contribution in [2.24, 2.45) is 5.73 Å². The van der Waals surface area contributed by atoms with Crippen molar-refractivity contribution in [3.8, 4) is 0 Å². The minimum atomic E-state index is -0.280. The predicted molar refractivity (Wildman–Crippen MR) is 68.8 cm³/mol. The Kier molecular flexibility index (Phi) is 6.48. The Bertz CT molecular complexity index is 346. The fourth-order valence-corrected chi connectivity index (χ4v) is 1.82. The smallest absolute Gasteiger partial charge is 0.127 e. The molecule has 0 saturated carbocycles. The Hall–Kier alpha value is -0.640. The molecule has 1 atom stereocenters. The average Bonchev–Trinajstić information content (AvgIpc) is 2.28. The molecule has 0 heterocycles. The van der Waals surface area contributed by atoms with Crippen LogP contribution in [0.3, 0.4) is 0 Å². The van der Waals surface area contributed by atoms with Crippen molar-refractivity contribution in [1.82, 2.24) is 0 Å². The van der Waals surface area contributed by atoms with Crippen molar-refractivity contribution < 1.29 is 9.13 Å². The Labute approximate surface area is 107 Å². The molecule has 17 heavy (non-hydrogen) atoms.